The summed E-state index contributed by atoms with van der Waals surface area (Å²) in [6, 6.07) is 4.09. The summed E-state index contributed by atoms with van der Waals surface area (Å²) in [5, 5.41) is 0. The number of aromatic nitrogens is 1. The molecule has 1 atom stereocenters. The Morgan fingerprint density at radius 1 is 1.36 bits per heavy atom. The van der Waals surface area contributed by atoms with Crippen molar-refractivity contribution in [3.05, 3.63) is 42.2 Å². The Morgan fingerprint density at radius 3 is 2.55 bits per heavy atom. The number of nitrogens with zero attached hydrogens (tertiary/aromatic N) is 1. The molecule has 0 aromatic carbocycles. The first kappa shape index (κ1) is 7.99. The lowest BCUT2D eigenvalue weighted by Gasteiger charge is -2.03. The fourth-order valence-corrected chi connectivity index (χ4v) is 1.07. The van der Waals surface area contributed by atoms with E-state index in [1.807, 2.05) is 31.5 Å². The fourth-order valence-electron chi connectivity index (χ4n) is 1.07. The highest BCUT2D eigenvalue weighted by molar-refractivity contribution is 5.19. The minimum Gasteiger partial charge on any atom is -0.265 e. The summed E-state index contributed by atoms with van der Waals surface area (Å²) >= 11 is 0. The van der Waals surface area contributed by atoms with Crippen molar-refractivity contribution in [1.82, 2.24) is 4.98 Å². The van der Waals surface area contributed by atoms with Gasteiger partial charge in [0.05, 0.1) is 0 Å². The minimum atomic E-state index is 0.503. The van der Waals surface area contributed by atoms with Crippen molar-refractivity contribution >= 4 is 0 Å². The van der Waals surface area contributed by atoms with E-state index in [9.17, 15) is 0 Å². The highest BCUT2D eigenvalue weighted by atomic mass is 14.6. The Hall–Kier alpha value is -1.11. The molecule has 0 aliphatic rings. The summed E-state index contributed by atoms with van der Waals surface area (Å²) in [4.78, 5) is 3.96. The lowest BCUT2D eigenvalue weighted by atomic mass is 10.0. The van der Waals surface area contributed by atoms with Crippen LogP contribution in [-0.4, -0.2) is 4.98 Å². The van der Waals surface area contributed by atoms with Crippen molar-refractivity contribution in [2.45, 2.75) is 19.8 Å². The first-order valence-corrected chi connectivity index (χ1v) is 3.87. The highest BCUT2D eigenvalue weighted by Gasteiger charge is 1.97. The van der Waals surface area contributed by atoms with Crippen LogP contribution < -0.4 is 0 Å². The molecule has 0 spiro atoms. The van der Waals surface area contributed by atoms with Gasteiger partial charge in [0.2, 0.25) is 0 Å². The first-order valence-electron chi connectivity index (χ1n) is 3.87. The molecule has 1 heterocycles. The van der Waals surface area contributed by atoms with E-state index in [0.29, 0.717) is 5.92 Å². The van der Waals surface area contributed by atoms with Crippen LogP contribution >= 0.6 is 0 Å². The normalized spacial score (nSPS) is 13.6. The monoisotopic (exact) mass is 147 g/mol. The Morgan fingerprint density at radius 2 is 2.00 bits per heavy atom. The van der Waals surface area contributed by atoms with Crippen LogP contribution in [0.25, 0.3) is 0 Å². The molecular weight excluding hydrogens is 134 g/mol. The molecular formula is C10H13N. The number of hydrogen-bond donors (Lipinski definition) is 0. The maximum absolute atomic E-state index is 3.96. The molecule has 0 N–H and O–H groups in total. The van der Waals surface area contributed by atoms with Gasteiger partial charge in [0.1, 0.15) is 0 Å². The Labute approximate surface area is 67.8 Å². The van der Waals surface area contributed by atoms with Gasteiger partial charge in [0.15, 0.2) is 0 Å². The standard InChI is InChI=1S/C10H13N/c1-3-4-9(2)10-5-7-11-8-6-10/h3-9H,1-2H3/b4-3-/t9-/m1/s1. The lowest BCUT2D eigenvalue weighted by molar-refractivity contribution is 0.958. The van der Waals surface area contributed by atoms with Gasteiger partial charge in [-0.15, -0.1) is 0 Å². The van der Waals surface area contributed by atoms with Crippen LogP contribution in [-0.2, 0) is 0 Å². The van der Waals surface area contributed by atoms with Gasteiger partial charge in [-0.25, -0.2) is 0 Å². The third-order valence-corrected chi connectivity index (χ3v) is 1.71. The SMILES string of the molecule is C/C=C\[C@@H](C)c1ccncc1. The van der Waals surface area contributed by atoms with E-state index in [1.54, 1.807) is 0 Å². The van der Waals surface area contributed by atoms with E-state index >= 15 is 0 Å². The van der Waals surface area contributed by atoms with Crippen molar-refractivity contribution < 1.29 is 0 Å². The molecule has 11 heavy (non-hydrogen) atoms. The van der Waals surface area contributed by atoms with Gasteiger partial charge in [0.25, 0.3) is 0 Å². The maximum Gasteiger partial charge on any atom is 0.0270 e. The van der Waals surface area contributed by atoms with Crippen LogP contribution in [0.4, 0.5) is 0 Å². The van der Waals surface area contributed by atoms with E-state index < -0.39 is 0 Å². The lowest BCUT2D eigenvalue weighted by Crippen LogP contribution is -1.87. The molecule has 0 aliphatic carbocycles. The molecule has 1 heteroatoms. The zero-order valence-electron chi connectivity index (χ0n) is 6.99. The molecule has 1 aromatic heterocycles. The van der Waals surface area contributed by atoms with Crippen molar-refractivity contribution in [1.29, 1.82) is 0 Å². The Bertz CT molecular complexity index is 226. The molecule has 58 valence electrons. The molecule has 0 fully saturated rings. The molecule has 0 saturated carbocycles. The van der Waals surface area contributed by atoms with Crippen molar-refractivity contribution in [3.63, 3.8) is 0 Å². The van der Waals surface area contributed by atoms with Crippen LogP contribution in [0, 0.1) is 0 Å². The average Bonchev–Trinajstić information content (AvgIpc) is 2.07. The average molecular weight is 147 g/mol. The minimum absolute atomic E-state index is 0.503. The van der Waals surface area contributed by atoms with Crippen molar-refractivity contribution in [3.8, 4) is 0 Å². The molecule has 0 amide bonds. The maximum atomic E-state index is 3.96. The van der Waals surface area contributed by atoms with Crippen LogP contribution in [0.5, 0.6) is 0 Å². The molecule has 1 aromatic rings. The summed E-state index contributed by atoms with van der Waals surface area (Å²) in [7, 11) is 0. The van der Waals surface area contributed by atoms with Gasteiger partial charge < -0.3 is 0 Å². The second kappa shape index (κ2) is 3.91. The summed E-state index contributed by atoms with van der Waals surface area (Å²) in [5.74, 6) is 0.503. The van der Waals surface area contributed by atoms with Crippen molar-refractivity contribution in [2.75, 3.05) is 0 Å². The van der Waals surface area contributed by atoms with Crippen LogP contribution in [0.3, 0.4) is 0 Å². The topological polar surface area (TPSA) is 12.9 Å². The summed E-state index contributed by atoms with van der Waals surface area (Å²) < 4.78 is 0. The van der Waals surface area contributed by atoms with E-state index in [2.05, 4.69) is 24.1 Å². The van der Waals surface area contributed by atoms with Gasteiger partial charge in [-0.2, -0.15) is 0 Å². The fraction of sp³-hybridized carbons (Fsp3) is 0.300. The predicted molar refractivity (Wildman–Crippen MR) is 47.5 cm³/mol. The molecule has 0 unspecified atom stereocenters. The quantitative estimate of drug-likeness (QED) is 0.586. The second-order valence-electron chi connectivity index (χ2n) is 2.60. The Balaban J connectivity index is 2.76. The number of rotatable bonds is 2. The molecule has 1 nitrogen and oxygen atoms in total. The third-order valence-electron chi connectivity index (χ3n) is 1.71. The highest BCUT2D eigenvalue weighted by Crippen LogP contribution is 2.14. The zero-order valence-corrected chi connectivity index (χ0v) is 6.99. The molecule has 0 radical (unpaired) electrons. The predicted octanol–water partition coefficient (Wildman–Crippen LogP) is 2.76. The largest absolute Gasteiger partial charge is 0.265 e. The van der Waals surface area contributed by atoms with Crippen LogP contribution in [0.2, 0.25) is 0 Å². The van der Waals surface area contributed by atoms with E-state index in [0.717, 1.165) is 0 Å². The van der Waals surface area contributed by atoms with Crippen molar-refractivity contribution in [2.24, 2.45) is 0 Å². The second-order valence-corrected chi connectivity index (χ2v) is 2.60. The van der Waals surface area contributed by atoms with Crippen LogP contribution in [0.1, 0.15) is 25.3 Å². The summed E-state index contributed by atoms with van der Waals surface area (Å²) in [5.41, 5.74) is 1.32. The van der Waals surface area contributed by atoms with Gasteiger partial charge in [0, 0.05) is 12.4 Å². The first-order chi connectivity index (χ1) is 5.34. The molecule has 0 aliphatic heterocycles. The van der Waals surface area contributed by atoms with E-state index in [1.165, 1.54) is 5.56 Å². The molecule has 0 bridgehead atoms. The molecule has 0 saturated heterocycles. The smallest absolute Gasteiger partial charge is 0.0270 e. The molecule has 1 rings (SSSR count). The van der Waals surface area contributed by atoms with Gasteiger partial charge >= 0.3 is 0 Å². The third kappa shape index (κ3) is 2.19. The van der Waals surface area contributed by atoms with Gasteiger partial charge in [-0.3, -0.25) is 4.98 Å². The van der Waals surface area contributed by atoms with Gasteiger partial charge in [-0.1, -0.05) is 19.1 Å². The van der Waals surface area contributed by atoms with E-state index in [4.69, 9.17) is 0 Å². The Kier molecular flexibility index (Phi) is 2.84. The van der Waals surface area contributed by atoms with E-state index in [-0.39, 0.29) is 0 Å². The van der Waals surface area contributed by atoms with Crippen LogP contribution in [0.15, 0.2) is 36.7 Å². The number of allylic oxidation sites excluding steroid dienone is 2. The zero-order chi connectivity index (χ0) is 8.10. The summed E-state index contributed by atoms with van der Waals surface area (Å²) in [6.45, 7) is 4.22. The number of pyridine rings is 1. The summed E-state index contributed by atoms with van der Waals surface area (Å²) in [6.07, 6.45) is 7.91. The number of hydrogen-bond acceptors (Lipinski definition) is 1. The van der Waals surface area contributed by atoms with Gasteiger partial charge in [-0.05, 0) is 30.5 Å².